The number of benzene rings is 1. The van der Waals surface area contributed by atoms with E-state index in [2.05, 4.69) is 15.6 Å². The summed E-state index contributed by atoms with van der Waals surface area (Å²) in [7, 11) is -5.07. The number of aliphatic hydroxyl groups excluding tert-OH is 2. The van der Waals surface area contributed by atoms with Crippen LogP contribution in [0.4, 0.5) is 0 Å². The molecular weight excluding hydrogens is 1180 g/mol. The van der Waals surface area contributed by atoms with E-state index in [4.69, 9.17) is 63.2 Å². The fourth-order valence-corrected chi connectivity index (χ4v) is 16.6. The number of aromatic nitrogens is 2. The maximum Gasteiger partial charge on any atom is 0.472 e. The van der Waals surface area contributed by atoms with Crippen molar-refractivity contribution in [1.29, 1.82) is 0 Å². The number of aliphatic imine (C=N–C) groups is 3. The van der Waals surface area contributed by atoms with E-state index in [1.165, 1.54) is 13.3 Å². The zero-order chi connectivity index (χ0) is 66.7. The van der Waals surface area contributed by atoms with E-state index in [1.54, 1.807) is 4.57 Å². The number of fused-ring (bicyclic) bond motifs is 7. The predicted molar refractivity (Wildman–Crippen MR) is 334 cm³/mol. The van der Waals surface area contributed by atoms with Crippen LogP contribution in [-0.2, 0) is 51.9 Å². The van der Waals surface area contributed by atoms with E-state index in [1.807, 2.05) is 87.4 Å². The van der Waals surface area contributed by atoms with E-state index in [0.29, 0.717) is 56.4 Å². The monoisotopic (exact) mass is 1270 g/mol. The Hall–Kier alpha value is -7.00. The van der Waals surface area contributed by atoms with Gasteiger partial charge >= 0.3 is 7.82 Å². The molecule has 6 aliphatic heterocycles. The van der Waals surface area contributed by atoms with Crippen LogP contribution >= 0.6 is 7.82 Å². The number of nitrogens with two attached hydrogens (primary N) is 6. The third kappa shape index (κ3) is 13.0. The first-order chi connectivity index (χ1) is 41.8. The molecular formula is C62H90N13O14P. The molecule has 492 valence electrons. The number of carbonyl (C=O) groups excluding carboxylic acids is 7. The van der Waals surface area contributed by atoms with Crippen LogP contribution in [-0.4, -0.2) is 132 Å². The number of nitrogens with one attached hydrogen (secondary N) is 2. The van der Waals surface area contributed by atoms with Crippen molar-refractivity contribution in [3.8, 4) is 0 Å². The van der Waals surface area contributed by atoms with Gasteiger partial charge in [-0.2, -0.15) is 0 Å². The van der Waals surface area contributed by atoms with Gasteiger partial charge in [-0.15, -0.1) is 0 Å². The van der Waals surface area contributed by atoms with Crippen molar-refractivity contribution in [3.05, 3.63) is 63.9 Å². The highest BCUT2D eigenvalue weighted by molar-refractivity contribution is 7.47. The molecule has 7 amide bonds. The third-order valence-electron chi connectivity index (χ3n) is 20.6. The summed E-state index contributed by atoms with van der Waals surface area (Å²) in [5.74, 6) is -7.18. The van der Waals surface area contributed by atoms with E-state index in [9.17, 15) is 53.2 Å². The second-order valence-corrected chi connectivity index (χ2v) is 28.4. The van der Waals surface area contributed by atoms with Crippen LogP contribution in [0.15, 0.2) is 67.8 Å². The molecule has 17 N–H and O–H groups in total. The third-order valence-corrected chi connectivity index (χ3v) is 21.7. The Morgan fingerprint density at radius 1 is 0.800 bits per heavy atom. The molecule has 0 aliphatic carbocycles. The smallest absolute Gasteiger partial charge is 0.394 e. The second kappa shape index (κ2) is 25.6. The Bertz CT molecular complexity index is 3540. The quantitative estimate of drug-likeness (QED) is 0.0603. The van der Waals surface area contributed by atoms with E-state index >= 15 is 0 Å². The first-order valence-corrected chi connectivity index (χ1v) is 32.1. The van der Waals surface area contributed by atoms with Gasteiger partial charge in [0.1, 0.15) is 18.3 Å². The summed E-state index contributed by atoms with van der Waals surface area (Å²) in [6.07, 6.45) is -4.26. The summed E-state index contributed by atoms with van der Waals surface area (Å²) in [5, 5.41) is 28.2. The maximum absolute atomic E-state index is 14.4. The van der Waals surface area contributed by atoms with Crippen LogP contribution in [0.25, 0.3) is 11.0 Å². The molecule has 90 heavy (non-hydrogen) atoms. The molecule has 0 spiro atoms. The lowest BCUT2D eigenvalue weighted by atomic mass is 9.55. The van der Waals surface area contributed by atoms with E-state index < -0.39 is 143 Å². The van der Waals surface area contributed by atoms with Crippen molar-refractivity contribution in [1.82, 2.24) is 20.2 Å². The van der Waals surface area contributed by atoms with Crippen molar-refractivity contribution >= 4 is 77.3 Å². The normalized spacial score (nSPS) is 32.8. The molecule has 0 radical (unpaired) electrons. The minimum absolute atomic E-state index is 0.0114. The average molecular weight is 1270 g/mol. The predicted octanol–water partition coefficient (Wildman–Crippen LogP) is 3.16. The second-order valence-electron chi connectivity index (χ2n) is 27.1. The van der Waals surface area contributed by atoms with Crippen LogP contribution in [0, 0.1) is 59.2 Å². The number of ether oxygens (including phenoxy) is 1. The number of hydrogen-bond acceptors (Lipinski definition) is 18. The summed E-state index contributed by atoms with van der Waals surface area (Å²) in [6.45, 7) is 19.3. The molecule has 2 unspecified atom stereocenters. The molecule has 27 nitrogen and oxygen atoms in total. The number of primary amides is 6. The van der Waals surface area contributed by atoms with Gasteiger partial charge in [0.25, 0.3) is 0 Å². The largest absolute Gasteiger partial charge is 0.472 e. The minimum Gasteiger partial charge on any atom is -0.394 e. The molecule has 28 heteroatoms. The number of carbonyl (C=O) groups is 7. The van der Waals surface area contributed by atoms with E-state index in [0.717, 1.165) is 11.1 Å². The molecule has 2 aromatic rings. The number of amides is 7. The molecule has 0 saturated carbocycles. The standard InChI is InChI=1S/C62H90N13O14P/c1-29-20-39-40(21-30(29)2)75(28-70-39)57-52(84)53(41(27-76)87-57)89-90(85,86)88-31(3)26-69-49(83)18-19-59(8)37(22-46(66)80)56-62(11)61(10,25-48(68)82)36(14-17-45(65)79)51(74-62)33(5)55-60(9,24-47(67)81)34(12-15-43(63)77)38(71-55)23-42-58(6,7)35(13-16-44(64)78)50(72-42)32(4)54(59)73-56/h20-21,23,28,31,34-37,41,52-53,56-57,71,76,84H,12-19,22,24-27H2,1-11H3,(H2,63,77)(H2,64,78)(H2,65,79)(H2,66,80)(H2,67,81)(H2,68,82)(H,69,83)(H,85,86)/b38-23?,50-32?,55-33-/t31?,34-,35-,36-,37+,41+,52-,53+,56-,57-,59-,60+,61+,62+/m1/s1. The van der Waals surface area contributed by atoms with Gasteiger partial charge in [-0.05, 0) is 108 Å². The van der Waals surface area contributed by atoms with Gasteiger partial charge in [0.15, 0.2) is 6.23 Å². The van der Waals surface area contributed by atoms with Crippen LogP contribution in [0.2, 0.25) is 0 Å². The SMILES string of the molecule is CC1=C2N=C(C=C3N/C(=C(/C)C4=N[C@@](C)([C@@H]5N=C1[C@](C)(CCC(=O)NCC(C)OP(=O)(O)O[C@@H]1[C@@H](O)[C@H](n6cnc7cc(C)c(C)cc76)O[C@H]1CO)[C@H]5CC(N)=O)[C@@](C)(CC(N)=O)[C@@H]4CCC(N)=O)[C@@](C)(CC(N)=O)[C@@H]3CCC(N)=O)C(C)(C)[C@@H]2CCC(N)=O. The summed E-state index contributed by atoms with van der Waals surface area (Å²) >= 11 is 0. The topological polar surface area (TPSA) is 460 Å². The average Bonchev–Trinajstić information content (AvgIpc) is 1.53. The lowest BCUT2D eigenvalue weighted by Crippen LogP contribution is -2.56. The van der Waals surface area contributed by atoms with Crippen LogP contribution in [0.5, 0.6) is 0 Å². The number of aryl methyl sites for hydroxylation is 2. The first kappa shape index (κ1) is 68.9. The minimum atomic E-state index is -5.07. The fourth-order valence-electron chi connectivity index (χ4n) is 15.4. The number of nitrogens with zero attached hydrogens (tertiary/aromatic N) is 5. The van der Waals surface area contributed by atoms with Crippen molar-refractivity contribution in [2.24, 2.45) is 94.7 Å². The molecule has 15 atom stereocenters. The van der Waals surface area contributed by atoms with E-state index in [-0.39, 0.29) is 77.2 Å². The number of phosphoric ester groups is 1. The Labute approximate surface area is 523 Å². The highest BCUT2D eigenvalue weighted by Crippen LogP contribution is 2.63. The number of phosphoric acid groups is 1. The number of hydrogen-bond donors (Lipinski definition) is 11. The van der Waals surface area contributed by atoms with Gasteiger partial charge in [0, 0.05) is 131 Å². The van der Waals surface area contributed by atoms with Gasteiger partial charge in [-0.25, -0.2) is 9.55 Å². The first-order valence-electron chi connectivity index (χ1n) is 30.6. The van der Waals surface area contributed by atoms with Gasteiger partial charge in [-0.1, -0.05) is 34.6 Å². The highest BCUT2D eigenvalue weighted by Gasteiger charge is 2.66. The molecule has 7 heterocycles. The molecule has 1 aromatic heterocycles. The van der Waals surface area contributed by atoms with Crippen LogP contribution in [0.1, 0.15) is 150 Å². The Morgan fingerprint density at radius 2 is 1.40 bits per heavy atom. The summed E-state index contributed by atoms with van der Waals surface area (Å²) < 4.78 is 32.3. The Morgan fingerprint density at radius 3 is 1.99 bits per heavy atom. The lowest BCUT2D eigenvalue weighted by Gasteiger charge is -2.48. The van der Waals surface area contributed by atoms with Gasteiger partial charge in [-0.3, -0.25) is 57.6 Å². The summed E-state index contributed by atoms with van der Waals surface area (Å²) in [5.41, 5.74) is 37.4. The van der Waals surface area contributed by atoms with Crippen molar-refractivity contribution in [2.45, 2.75) is 189 Å². The zero-order valence-electron chi connectivity index (χ0n) is 53.3. The van der Waals surface area contributed by atoms with Gasteiger partial charge < -0.3 is 69.4 Å². The number of imidazole rings is 1. The summed E-state index contributed by atoms with van der Waals surface area (Å²) in [6, 6.07) is 2.70. The molecule has 6 aliphatic rings. The molecule has 8 bridgehead atoms. The molecule has 2 fully saturated rings. The Balaban J connectivity index is 1.19. The molecule has 2 saturated heterocycles. The number of allylic oxidation sites excluding steroid dienone is 6. The fraction of sp³-hybridized carbons (Fsp3) is 0.629. The molecule has 8 rings (SSSR count). The lowest BCUT2D eigenvalue weighted by molar-refractivity contribution is -0.124. The van der Waals surface area contributed by atoms with Crippen LogP contribution < -0.4 is 45.0 Å². The number of rotatable bonds is 26. The Kier molecular flexibility index (Phi) is 19.6. The number of aliphatic hydroxyl groups is 2. The van der Waals surface area contributed by atoms with Crippen molar-refractivity contribution in [3.63, 3.8) is 0 Å². The van der Waals surface area contributed by atoms with Gasteiger partial charge in [0.2, 0.25) is 41.4 Å². The summed E-state index contributed by atoms with van der Waals surface area (Å²) in [4.78, 5) is 126. The van der Waals surface area contributed by atoms with Crippen LogP contribution in [0.3, 0.4) is 0 Å². The van der Waals surface area contributed by atoms with Crippen molar-refractivity contribution in [2.75, 3.05) is 13.2 Å². The molecule has 1 aromatic carbocycles. The maximum atomic E-state index is 14.4. The van der Waals surface area contributed by atoms with Gasteiger partial charge in [0.05, 0.1) is 41.7 Å². The zero-order valence-corrected chi connectivity index (χ0v) is 54.1. The highest BCUT2D eigenvalue weighted by atomic mass is 31.2. The van der Waals surface area contributed by atoms with Crippen molar-refractivity contribution < 1.29 is 67.0 Å².